The van der Waals surface area contributed by atoms with Gasteiger partial charge < -0.3 is 9.72 Å². The Labute approximate surface area is 151 Å². The number of H-pyrrole nitrogens is 1. The number of aromatic nitrogens is 4. The fourth-order valence-electron chi connectivity index (χ4n) is 3.83. The number of hydrogen-bond donors (Lipinski definition) is 1. The number of carbonyl (C=O) groups excluding carboxylic acids is 1. The lowest BCUT2D eigenvalue weighted by Crippen LogP contribution is -2.40. The van der Waals surface area contributed by atoms with Crippen molar-refractivity contribution in [1.29, 1.82) is 0 Å². The van der Waals surface area contributed by atoms with Gasteiger partial charge in [-0.05, 0) is 32.1 Å². The molecule has 0 radical (unpaired) electrons. The third-order valence-corrected chi connectivity index (χ3v) is 5.13. The molecule has 1 aliphatic rings. The zero-order valence-electron chi connectivity index (χ0n) is 15.6. The number of aryl methyl sites for hydroxylation is 1. The molecule has 0 amide bonds. The van der Waals surface area contributed by atoms with E-state index in [-0.39, 0.29) is 29.1 Å². The van der Waals surface area contributed by atoms with Crippen molar-refractivity contribution in [2.24, 2.45) is 5.92 Å². The first-order valence-electron chi connectivity index (χ1n) is 9.32. The summed E-state index contributed by atoms with van der Waals surface area (Å²) in [6, 6.07) is 0. The molecule has 0 spiro atoms. The van der Waals surface area contributed by atoms with Gasteiger partial charge in [0.05, 0.1) is 13.0 Å². The van der Waals surface area contributed by atoms with Gasteiger partial charge in [0.1, 0.15) is 11.3 Å². The summed E-state index contributed by atoms with van der Waals surface area (Å²) in [5.74, 6) is 0.419. The van der Waals surface area contributed by atoms with Crippen molar-refractivity contribution in [3.8, 4) is 0 Å². The van der Waals surface area contributed by atoms with Crippen LogP contribution in [0, 0.1) is 5.92 Å². The van der Waals surface area contributed by atoms with E-state index in [1.807, 2.05) is 13.8 Å². The number of carbonyl (C=O) groups is 1. The highest BCUT2D eigenvalue weighted by Crippen LogP contribution is 2.37. The lowest BCUT2D eigenvalue weighted by Gasteiger charge is -2.09. The summed E-state index contributed by atoms with van der Waals surface area (Å²) in [5.41, 5.74) is 0.178. The summed E-state index contributed by atoms with van der Waals surface area (Å²) in [6.45, 7) is 4.82. The fraction of sp³-hybridized carbons (Fsp3) is 0.667. The van der Waals surface area contributed by atoms with E-state index in [4.69, 9.17) is 4.74 Å². The molecule has 1 N–H and O–H groups in total. The Kier molecular flexibility index (Phi) is 5.29. The maximum Gasteiger partial charge on any atom is 0.332 e. The van der Waals surface area contributed by atoms with Gasteiger partial charge in [0.25, 0.3) is 5.56 Å². The molecule has 8 heteroatoms. The first kappa shape index (κ1) is 18.4. The standard InChI is InChI=1S/C18H26N4O4/c1-4-8-21-15-13(16(23)22(9-5-2)18(21)25)19-14(20-15)11-6-7-12(10-11)17(24)26-3/h11-12H,4-10H2,1-3H3,(H,19,20). The third-order valence-electron chi connectivity index (χ3n) is 5.13. The molecule has 1 aliphatic carbocycles. The van der Waals surface area contributed by atoms with Crippen LogP contribution in [0.4, 0.5) is 0 Å². The number of aromatic amines is 1. The van der Waals surface area contributed by atoms with E-state index in [1.165, 1.54) is 11.7 Å². The monoisotopic (exact) mass is 362 g/mol. The van der Waals surface area contributed by atoms with Gasteiger partial charge in [-0.2, -0.15) is 0 Å². The van der Waals surface area contributed by atoms with Crippen molar-refractivity contribution >= 4 is 17.1 Å². The molecule has 2 unspecified atom stereocenters. The summed E-state index contributed by atoms with van der Waals surface area (Å²) in [5, 5.41) is 0. The molecule has 1 saturated carbocycles. The first-order chi connectivity index (χ1) is 12.5. The number of imidazole rings is 1. The summed E-state index contributed by atoms with van der Waals surface area (Å²) in [7, 11) is 1.40. The van der Waals surface area contributed by atoms with Crippen LogP contribution >= 0.6 is 0 Å². The molecular formula is C18H26N4O4. The number of fused-ring (bicyclic) bond motifs is 1. The van der Waals surface area contributed by atoms with Crippen molar-refractivity contribution in [1.82, 2.24) is 19.1 Å². The van der Waals surface area contributed by atoms with Crippen molar-refractivity contribution in [2.45, 2.75) is 65.0 Å². The first-order valence-corrected chi connectivity index (χ1v) is 9.32. The number of methoxy groups -OCH3 is 1. The van der Waals surface area contributed by atoms with Gasteiger partial charge in [-0.25, -0.2) is 9.78 Å². The lowest BCUT2D eigenvalue weighted by atomic mass is 10.0. The lowest BCUT2D eigenvalue weighted by molar-refractivity contribution is -0.145. The van der Waals surface area contributed by atoms with Gasteiger partial charge >= 0.3 is 11.7 Å². The van der Waals surface area contributed by atoms with E-state index in [2.05, 4.69) is 9.97 Å². The zero-order chi connectivity index (χ0) is 18.8. The van der Waals surface area contributed by atoms with Gasteiger partial charge in [0, 0.05) is 19.0 Å². The Morgan fingerprint density at radius 1 is 1.19 bits per heavy atom. The van der Waals surface area contributed by atoms with E-state index in [0.29, 0.717) is 42.9 Å². The van der Waals surface area contributed by atoms with Crippen molar-refractivity contribution in [3.63, 3.8) is 0 Å². The van der Waals surface area contributed by atoms with Crippen LogP contribution in [0.3, 0.4) is 0 Å². The summed E-state index contributed by atoms with van der Waals surface area (Å²) >= 11 is 0. The molecule has 142 valence electrons. The predicted octanol–water partition coefficient (Wildman–Crippen LogP) is 1.76. The second kappa shape index (κ2) is 7.47. The van der Waals surface area contributed by atoms with Crippen LogP contribution in [-0.2, 0) is 22.6 Å². The minimum absolute atomic E-state index is 0.0655. The van der Waals surface area contributed by atoms with Crippen LogP contribution in [0.2, 0.25) is 0 Å². The molecule has 8 nitrogen and oxygen atoms in total. The average Bonchev–Trinajstić information content (AvgIpc) is 3.28. The maximum absolute atomic E-state index is 12.7. The van der Waals surface area contributed by atoms with E-state index in [1.54, 1.807) is 4.57 Å². The van der Waals surface area contributed by atoms with Crippen molar-refractivity contribution < 1.29 is 9.53 Å². The molecular weight excluding hydrogens is 336 g/mol. The molecule has 3 rings (SSSR count). The SMILES string of the molecule is CCCn1c(=O)c2[nH]c(C3CCC(C(=O)OC)C3)nc2n(CCC)c1=O. The Morgan fingerprint density at radius 2 is 1.88 bits per heavy atom. The fourth-order valence-corrected chi connectivity index (χ4v) is 3.83. The quantitative estimate of drug-likeness (QED) is 0.790. The summed E-state index contributed by atoms with van der Waals surface area (Å²) in [6.07, 6.45) is 3.68. The van der Waals surface area contributed by atoms with Crippen LogP contribution in [0.5, 0.6) is 0 Å². The largest absolute Gasteiger partial charge is 0.469 e. The van der Waals surface area contributed by atoms with Crippen molar-refractivity contribution in [3.05, 3.63) is 26.7 Å². The second-order valence-electron chi connectivity index (χ2n) is 6.94. The van der Waals surface area contributed by atoms with E-state index in [0.717, 1.165) is 19.3 Å². The van der Waals surface area contributed by atoms with Crippen LogP contribution < -0.4 is 11.2 Å². The summed E-state index contributed by atoms with van der Waals surface area (Å²) < 4.78 is 7.70. The number of ether oxygens (including phenoxy) is 1. The highest BCUT2D eigenvalue weighted by molar-refractivity contribution is 5.73. The van der Waals surface area contributed by atoms with Crippen LogP contribution in [0.15, 0.2) is 9.59 Å². The topological polar surface area (TPSA) is 99.0 Å². The molecule has 26 heavy (non-hydrogen) atoms. The van der Waals surface area contributed by atoms with Gasteiger partial charge in [0.2, 0.25) is 0 Å². The minimum atomic E-state index is -0.319. The van der Waals surface area contributed by atoms with Crippen LogP contribution in [0.25, 0.3) is 11.2 Å². The normalized spacial score (nSPS) is 20.0. The molecule has 2 aromatic rings. The number of nitrogens with zero attached hydrogens (tertiary/aromatic N) is 3. The Hall–Kier alpha value is -2.38. The van der Waals surface area contributed by atoms with E-state index >= 15 is 0 Å². The molecule has 0 saturated heterocycles. The Balaban J connectivity index is 2.07. The molecule has 1 fully saturated rings. The Morgan fingerprint density at radius 3 is 2.54 bits per heavy atom. The van der Waals surface area contributed by atoms with Crippen molar-refractivity contribution in [2.75, 3.05) is 7.11 Å². The molecule has 2 aromatic heterocycles. The maximum atomic E-state index is 12.7. The molecule has 2 heterocycles. The predicted molar refractivity (Wildman–Crippen MR) is 97.3 cm³/mol. The van der Waals surface area contributed by atoms with Gasteiger partial charge in [0.15, 0.2) is 5.65 Å². The Bertz CT molecular complexity index is 924. The summed E-state index contributed by atoms with van der Waals surface area (Å²) in [4.78, 5) is 45.0. The van der Waals surface area contributed by atoms with E-state index in [9.17, 15) is 14.4 Å². The number of nitrogens with one attached hydrogen (secondary N) is 1. The number of rotatable bonds is 6. The number of hydrogen-bond acceptors (Lipinski definition) is 5. The van der Waals surface area contributed by atoms with Gasteiger partial charge in [-0.15, -0.1) is 0 Å². The zero-order valence-corrected chi connectivity index (χ0v) is 15.6. The molecule has 0 aromatic carbocycles. The highest BCUT2D eigenvalue weighted by Gasteiger charge is 2.33. The highest BCUT2D eigenvalue weighted by atomic mass is 16.5. The van der Waals surface area contributed by atoms with E-state index < -0.39 is 0 Å². The average molecular weight is 362 g/mol. The van der Waals surface area contributed by atoms with Crippen LogP contribution in [-0.4, -0.2) is 32.2 Å². The second-order valence-corrected chi connectivity index (χ2v) is 6.94. The molecule has 0 bridgehead atoms. The van der Waals surface area contributed by atoms with Crippen LogP contribution in [0.1, 0.15) is 57.7 Å². The van der Waals surface area contributed by atoms with Gasteiger partial charge in [-0.1, -0.05) is 13.8 Å². The third kappa shape index (κ3) is 3.08. The van der Waals surface area contributed by atoms with Gasteiger partial charge in [-0.3, -0.25) is 18.7 Å². The molecule has 2 atom stereocenters. The molecule has 0 aliphatic heterocycles. The minimum Gasteiger partial charge on any atom is -0.469 e. The number of esters is 1. The smallest absolute Gasteiger partial charge is 0.332 e.